The molecule has 5 nitrogen and oxygen atoms in total. The molecule has 2 aliphatic rings. The van der Waals surface area contributed by atoms with Crippen LogP contribution in [0.1, 0.15) is 64.7 Å². The monoisotopic (exact) mass is 472 g/mol. The van der Waals surface area contributed by atoms with Gasteiger partial charge in [-0.25, -0.2) is 0 Å². The quantitative estimate of drug-likeness (QED) is 0.525. The molecule has 6 heteroatoms. The molecular formula is C27H33ClO5. The van der Waals surface area contributed by atoms with Crippen molar-refractivity contribution < 1.29 is 24.1 Å². The molecule has 2 aliphatic heterocycles. The highest BCUT2D eigenvalue weighted by Gasteiger charge is 2.52. The Bertz CT molecular complexity index is 1010. The molecule has 0 aliphatic carbocycles. The van der Waals surface area contributed by atoms with E-state index in [0.717, 1.165) is 17.7 Å². The molecule has 4 atom stereocenters. The maximum atomic E-state index is 12.2. The first-order valence-electron chi connectivity index (χ1n) is 11.6. The Balaban J connectivity index is 1.66. The number of carboxylic acids is 1. The fraction of sp³-hybridized carbons (Fsp3) is 0.519. The summed E-state index contributed by atoms with van der Waals surface area (Å²) in [6.07, 6.45) is 0.628. The van der Waals surface area contributed by atoms with Gasteiger partial charge in [-0.2, -0.15) is 0 Å². The number of fused-ring (bicyclic) bond motifs is 3. The number of hydrogen-bond donors (Lipinski definition) is 1. The van der Waals surface area contributed by atoms with Crippen LogP contribution in [0.3, 0.4) is 0 Å². The maximum absolute atomic E-state index is 12.2. The molecular weight excluding hydrogens is 440 g/mol. The SMILES string of the molecule is CCC(C)(C)c1ccc2c(c1)[C@H]1O[C@@H](COc3ccc(Cl)cc3)[C@@H](C(=O)O)C[C@@H]1C(C)(C)O2. The van der Waals surface area contributed by atoms with Gasteiger partial charge < -0.3 is 19.3 Å². The molecule has 4 rings (SSSR count). The molecule has 0 unspecified atom stereocenters. The summed E-state index contributed by atoms with van der Waals surface area (Å²) in [5.74, 6) is -0.200. The molecule has 0 aromatic heterocycles. The van der Waals surface area contributed by atoms with E-state index < -0.39 is 23.6 Å². The van der Waals surface area contributed by atoms with E-state index in [2.05, 4.69) is 32.9 Å². The third kappa shape index (κ3) is 4.71. The second-order valence-corrected chi connectivity index (χ2v) is 10.8. The molecule has 1 saturated heterocycles. The molecule has 2 heterocycles. The minimum Gasteiger partial charge on any atom is -0.491 e. The zero-order valence-corrected chi connectivity index (χ0v) is 20.7. The third-order valence-corrected chi connectivity index (χ3v) is 7.69. The smallest absolute Gasteiger partial charge is 0.309 e. The van der Waals surface area contributed by atoms with Gasteiger partial charge in [0.1, 0.15) is 29.8 Å². The van der Waals surface area contributed by atoms with Crippen LogP contribution < -0.4 is 9.47 Å². The lowest BCUT2D eigenvalue weighted by Gasteiger charge is -2.50. The maximum Gasteiger partial charge on any atom is 0.309 e. The van der Waals surface area contributed by atoms with Gasteiger partial charge in [0, 0.05) is 16.5 Å². The molecule has 0 spiro atoms. The van der Waals surface area contributed by atoms with Crippen LogP contribution in [-0.4, -0.2) is 29.4 Å². The predicted molar refractivity (Wildman–Crippen MR) is 128 cm³/mol. The van der Waals surface area contributed by atoms with Crippen molar-refractivity contribution in [1.82, 2.24) is 0 Å². The van der Waals surface area contributed by atoms with Crippen LogP contribution >= 0.6 is 11.6 Å². The zero-order chi connectivity index (χ0) is 24.0. The summed E-state index contributed by atoms with van der Waals surface area (Å²) in [6.45, 7) is 10.8. The summed E-state index contributed by atoms with van der Waals surface area (Å²) in [4.78, 5) is 12.2. The Hall–Kier alpha value is -2.24. The van der Waals surface area contributed by atoms with Crippen LogP contribution in [0.15, 0.2) is 42.5 Å². The van der Waals surface area contributed by atoms with Crippen LogP contribution in [-0.2, 0) is 14.9 Å². The van der Waals surface area contributed by atoms with E-state index in [1.165, 1.54) is 5.56 Å². The fourth-order valence-electron chi connectivity index (χ4n) is 4.84. The van der Waals surface area contributed by atoms with E-state index in [1.807, 2.05) is 19.9 Å². The summed E-state index contributed by atoms with van der Waals surface area (Å²) in [5, 5.41) is 10.6. The van der Waals surface area contributed by atoms with Gasteiger partial charge in [0.15, 0.2) is 0 Å². The third-order valence-electron chi connectivity index (χ3n) is 7.44. The van der Waals surface area contributed by atoms with E-state index >= 15 is 0 Å². The Morgan fingerprint density at radius 1 is 1.21 bits per heavy atom. The van der Waals surface area contributed by atoms with Gasteiger partial charge in [-0.3, -0.25) is 4.79 Å². The molecule has 0 saturated carbocycles. The summed E-state index contributed by atoms with van der Waals surface area (Å²) in [5.41, 5.74) is 1.70. The first kappa shape index (κ1) is 23.9. The molecule has 0 bridgehead atoms. The van der Waals surface area contributed by atoms with E-state index in [0.29, 0.717) is 17.2 Å². The second-order valence-electron chi connectivity index (χ2n) is 10.3. The molecule has 2 aromatic carbocycles. The first-order chi connectivity index (χ1) is 15.5. The largest absolute Gasteiger partial charge is 0.491 e. The lowest BCUT2D eigenvalue weighted by Crippen LogP contribution is -2.53. The minimum absolute atomic E-state index is 0.0207. The van der Waals surface area contributed by atoms with Gasteiger partial charge >= 0.3 is 5.97 Å². The highest BCUT2D eigenvalue weighted by molar-refractivity contribution is 6.30. The number of hydrogen-bond acceptors (Lipinski definition) is 4. The molecule has 33 heavy (non-hydrogen) atoms. The Morgan fingerprint density at radius 2 is 1.91 bits per heavy atom. The summed E-state index contributed by atoms with van der Waals surface area (Å²) < 4.78 is 18.9. The normalized spacial score (nSPS) is 26.0. The summed E-state index contributed by atoms with van der Waals surface area (Å²) in [7, 11) is 0. The number of carboxylic acid groups (broad SMARTS) is 1. The van der Waals surface area contributed by atoms with E-state index in [1.54, 1.807) is 24.3 Å². The number of benzene rings is 2. The second kappa shape index (κ2) is 8.84. The highest BCUT2D eigenvalue weighted by atomic mass is 35.5. The van der Waals surface area contributed by atoms with Crippen molar-refractivity contribution in [2.75, 3.05) is 6.61 Å². The van der Waals surface area contributed by atoms with Crippen molar-refractivity contribution >= 4 is 17.6 Å². The lowest BCUT2D eigenvalue weighted by atomic mass is 9.71. The standard InChI is InChI=1S/C27H33ClO5/c1-6-26(2,3)16-7-12-22-19(13-16)24-21(27(4,5)33-22)14-20(25(29)30)23(32-24)15-31-18-10-8-17(28)9-11-18/h7-13,20-21,23-24H,6,14-15H2,1-5H3,(H,29,30)/t20-,21-,23-,24+/m0/s1. The Morgan fingerprint density at radius 3 is 2.55 bits per heavy atom. The van der Waals surface area contributed by atoms with Gasteiger partial charge in [0.25, 0.3) is 0 Å². The lowest BCUT2D eigenvalue weighted by molar-refractivity contribution is -0.192. The van der Waals surface area contributed by atoms with Crippen molar-refractivity contribution in [2.24, 2.45) is 11.8 Å². The van der Waals surface area contributed by atoms with Gasteiger partial charge in [-0.15, -0.1) is 0 Å². The van der Waals surface area contributed by atoms with E-state index in [4.69, 9.17) is 25.8 Å². The summed E-state index contributed by atoms with van der Waals surface area (Å²) >= 11 is 5.96. The van der Waals surface area contributed by atoms with Crippen molar-refractivity contribution in [1.29, 1.82) is 0 Å². The van der Waals surface area contributed by atoms with Crippen LogP contribution in [0, 0.1) is 11.8 Å². The van der Waals surface area contributed by atoms with Gasteiger partial charge in [-0.05, 0) is 74.1 Å². The fourth-order valence-corrected chi connectivity index (χ4v) is 4.96. The number of aliphatic carboxylic acids is 1. The summed E-state index contributed by atoms with van der Waals surface area (Å²) in [6, 6.07) is 13.4. The van der Waals surface area contributed by atoms with Crippen LogP contribution in [0.4, 0.5) is 0 Å². The van der Waals surface area contributed by atoms with E-state index in [-0.39, 0.29) is 24.0 Å². The topological polar surface area (TPSA) is 65.0 Å². The predicted octanol–water partition coefficient (Wildman–Crippen LogP) is 6.42. The van der Waals surface area contributed by atoms with Crippen LogP contribution in [0.25, 0.3) is 0 Å². The molecule has 1 N–H and O–H groups in total. The van der Waals surface area contributed by atoms with Crippen molar-refractivity contribution in [2.45, 2.75) is 70.7 Å². The average molecular weight is 473 g/mol. The minimum atomic E-state index is -0.874. The van der Waals surface area contributed by atoms with Crippen molar-refractivity contribution in [3.8, 4) is 11.5 Å². The van der Waals surface area contributed by atoms with Crippen LogP contribution in [0.2, 0.25) is 5.02 Å². The average Bonchev–Trinajstić information content (AvgIpc) is 2.77. The Kier molecular flexibility index (Phi) is 6.41. The van der Waals surface area contributed by atoms with Crippen molar-refractivity contribution in [3.63, 3.8) is 0 Å². The van der Waals surface area contributed by atoms with Gasteiger partial charge in [0.2, 0.25) is 0 Å². The molecule has 0 amide bonds. The molecule has 1 fully saturated rings. The highest BCUT2D eigenvalue weighted by Crippen LogP contribution is 2.52. The van der Waals surface area contributed by atoms with Gasteiger partial charge in [-0.1, -0.05) is 38.4 Å². The van der Waals surface area contributed by atoms with Crippen molar-refractivity contribution in [3.05, 3.63) is 58.6 Å². The number of ether oxygens (including phenoxy) is 3. The zero-order valence-electron chi connectivity index (χ0n) is 19.9. The molecule has 178 valence electrons. The number of halogens is 1. The first-order valence-corrected chi connectivity index (χ1v) is 12.0. The van der Waals surface area contributed by atoms with Crippen LogP contribution in [0.5, 0.6) is 11.5 Å². The molecule has 2 aromatic rings. The number of rotatable bonds is 6. The van der Waals surface area contributed by atoms with E-state index in [9.17, 15) is 9.90 Å². The van der Waals surface area contributed by atoms with Gasteiger partial charge in [0.05, 0.1) is 12.0 Å². The number of carbonyl (C=O) groups is 1. The molecule has 0 radical (unpaired) electrons. The Labute approximate surface area is 201 Å².